The predicted molar refractivity (Wildman–Crippen MR) is 114 cm³/mol. The van der Waals surface area contributed by atoms with Crippen molar-refractivity contribution >= 4 is 28.4 Å². The van der Waals surface area contributed by atoms with Gasteiger partial charge in [-0.1, -0.05) is 30.0 Å². The summed E-state index contributed by atoms with van der Waals surface area (Å²) in [6.45, 7) is 1.81. The Labute approximate surface area is 173 Å². The average molecular weight is 412 g/mol. The lowest BCUT2D eigenvalue weighted by molar-refractivity contribution is -0.122. The van der Waals surface area contributed by atoms with Crippen molar-refractivity contribution in [3.05, 3.63) is 52.7 Å². The van der Waals surface area contributed by atoms with Crippen molar-refractivity contribution < 1.29 is 4.79 Å². The van der Waals surface area contributed by atoms with E-state index in [1.54, 1.807) is 6.07 Å². The molecule has 2 heterocycles. The first-order valence-corrected chi connectivity index (χ1v) is 10.8. The van der Waals surface area contributed by atoms with Crippen molar-refractivity contribution in [2.24, 2.45) is 7.05 Å². The lowest BCUT2D eigenvalue weighted by atomic mass is 9.95. The molecule has 0 radical (unpaired) electrons. The lowest BCUT2D eigenvalue weighted by Crippen LogP contribution is -2.41. The molecule has 1 aliphatic rings. The van der Waals surface area contributed by atoms with Crippen molar-refractivity contribution in [1.82, 2.24) is 24.6 Å². The van der Waals surface area contributed by atoms with Crippen LogP contribution in [0.4, 0.5) is 0 Å². The van der Waals surface area contributed by atoms with Gasteiger partial charge in [-0.15, -0.1) is 0 Å². The Kier molecular flexibility index (Phi) is 5.71. The van der Waals surface area contributed by atoms with Gasteiger partial charge in [0.1, 0.15) is 6.54 Å². The van der Waals surface area contributed by atoms with Gasteiger partial charge in [0.25, 0.3) is 5.56 Å². The van der Waals surface area contributed by atoms with E-state index in [1.807, 2.05) is 60.9 Å². The van der Waals surface area contributed by atoms with Crippen LogP contribution < -0.4 is 10.9 Å². The molecule has 0 spiro atoms. The highest BCUT2D eigenvalue weighted by Crippen LogP contribution is 2.32. The second-order valence-corrected chi connectivity index (χ2v) is 8.84. The topological polar surface area (TPSA) is 81.8 Å². The Hall–Kier alpha value is -2.61. The van der Waals surface area contributed by atoms with Crippen LogP contribution >= 0.6 is 11.8 Å². The fourth-order valence-electron chi connectivity index (χ4n) is 3.86. The molecule has 0 atom stereocenters. The minimum Gasteiger partial charge on any atom is -0.352 e. The number of benzene rings is 1. The number of hydrogen-bond acceptors (Lipinski definition) is 5. The van der Waals surface area contributed by atoms with Gasteiger partial charge in [0.15, 0.2) is 5.16 Å². The highest BCUT2D eigenvalue weighted by Gasteiger charge is 2.24. The second-order valence-electron chi connectivity index (χ2n) is 7.57. The molecule has 0 unspecified atom stereocenters. The standard InChI is InChI=1S/C21H25N5O2S/c1-14-17-5-3-4-6-18(17)20(28)26(24-14)13-19(27)23-15-7-9-16(10-8-15)29-21-22-11-12-25(21)2/h3-6,11-12,15-16H,7-10,13H2,1-2H3,(H,23,27). The molecule has 1 N–H and O–H groups in total. The maximum Gasteiger partial charge on any atom is 0.275 e. The van der Waals surface area contributed by atoms with Gasteiger partial charge in [-0.25, -0.2) is 9.67 Å². The van der Waals surface area contributed by atoms with E-state index in [0.717, 1.165) is 41.9 Å². The Bertz CT molecular complexity index is 1080. The van der Waals surface area contributed by atoms with Gasteiger partial charge in [-0.05, 0) is 38.7 Å². The SMILES string of the molecule is Cc1nn(CC(=O)NC2CCC(Sc3nccn3C)CC2)c(=O)c2ccccc12. The first kappa shape index (κ1) is 19.7. The molecule has 0 aliphatic heterocycles. The Morgan fingerprint density at radius 1 is 1.21 bits per heavy atom. The summed E-state index contributed by atoms with van der Waals surface area (Å²) in [6.07, 6.45) is 7.72. The molecule has 4 rings (SSSR count). The first-order chi connectivity index (χ1) is 14.0. The number of nitrogens with one attached hydrogen (secondary N) is 1. The van der Waals surface area contributed by atoms with E-state index in [4.69, 9.17) is 0 Å². The summed E-state index contributed by atoms with van der Waals surface area (Å²) in [5, 5.41) is 10.4. The predicted octanol–water partition coefficient (Wildman–Crippen LogP) is 2.66. The molecule has 1 aliphatic carbocycles. The zero-order chi connectivity index (χ0) is 20.4. The van der Waals surface area contributed by atoms with Gasteiger partial charge >= 0.3 is 0 Å². The number of thioether (sulfide) groups is 1. The molecule has 1 aromatic carbocycles. The number of imidazole rings is 1. The number of nitrogens with zero attached hydrogens (tertiary/aromatic N) is 4. The molecular formula is C21H25N5O2S. The molecular weight excluding hydrogens is 386 g/mol. The number of aryl methyl sites for hydroxylation is 2. The summed E-state index contributed by atoms with van der Waals surface area (Å²) >= 11 is 1.81. The molecule has 1 saturated carbocycles. The summed E-state index contributed by atoms with van der Waals surface area (Å²) in [6, 6.07) is 7.52. The van der Waals surface area contributed by atoms with E-state index < -0.39 is 0 Å². The van der Waals surface area contributed by atoms with Crippen LogP contribution in [0.3, 0.4) is 0 Å². The summed E-state index contributed by atoms with van der Waals surface area (Å²) in [4.78, 5) is 29.6. The van der Waals surface area contributed by atoms with Crippen molar-refractivity contribution in [2.45, 2.75) is 55.6 Å². The van der Waals surface area contributed by atoms with Crippen molar-refractivity contribution in [3.8, 4) is 0 Å². The van der Waals surface area contributed by atoms with Gasteiger partial charge in [0.05, 0.1) is 11.1 Å². The van der Waals surface area contributed by atoms with E-state index in [0.29, 0.717) is 10.6 Å². The van der Waals surface area contributed by atoms with Crippen molar-refractivity contribution in [1.29, 1.82) is 0 Å². The van der Waals surface area contributed by atoms with Crippen LogP contribution in [0.2, 0.25) is 0 Å². The van der Waals surface area contributed by atoms with Crippen LogP contribution in [0.15, 0.2) is 46.6 Å². The maximum absolute atomic E-state index is 12.6. The monoisotopic (exact) mass is 411 g/mol. The van der Waals surface area contributed by atoms with E-state index in [2.05, 4.69) is 15.4 Å². The van der Waals surface area contributed by atoms with E-state index >= 15 is 0 Å². The summed E-state index contributed by atoms with van der Waals surface area (Å²) < 4.78 is 3.31. The molecule has 3 aromatic rings. The highest BCUT2D eigenvalue weighted by atomic mass is 32.2. The normalized spacial score (nSPS) is 19.4. The summed E-state index contributed by atoms with van der Waals surface area (Å²) in [5.41, 5.74) is 0.524. The first-order valence-electron chi connectivity index (χ1n) is 9.91. The quantitative estimate of drug-likeness (QED) is 0.698. The molecule has 2 aromatic heterocycles. The zero-order valence-electron chi connectivity index (χ0n) is 16.7. The molecule has 1 amide bonds. The number of fused-ring (bicyclic) bond motifs is 1. The fraction of sp³-hybridized carbons (Fsp3) is 0.429. The molecule has 7 nitrogen and oxygen atoms in total. The van der Waals surface area contributed by atoms with Gasteiger partial charge in [0, 0.05) is 36.1 Å². The van der Waals surface area contributed by atoms with E-state index in [1.165, 1.54) is 4.68 Å². The smallest absolute Gasteiger partial charge is 0.275 e. The number of amides is 1. The summed E-state index contributed by atoms with van der Waals surface area (Å²) in [5.74, 6) is -0.158. The van der Waals surface area contributed by atoms with Crippen LogP contribution in [0.1, 0.15) is 31.4 Å². The van der Waals surface area contributed by atoms with Crippen molar-refractivity contribution in [2.75, 3.05) is 0 Å². The van der Waals surface area contributed by atoms with E-state index in [9.17, 15) is 9.59 Å². The molecule has 8 heteroatoms. The molecule has 0 bridgehead atoms. The van der Waals surface area contributed by atoms with Crippen molar-refractivity contribution in [3.63, 3.8) is 0 Å². The molecule has 152 valence electrons. The maximum atomic E-state index is 12.6. The fourth-order valence-corrected chi connectivity index (χ4v) is 5.02. The highest BCUT2D eigenvalue weighted by molar-refractivity contribution is 7.99. The van der Waals surface area contributed by atoms with E-state index in [-0.39, 0.29) is 24.1 Å². The second kappa shape index (κ2) is 8.41. The Morgan fingerprint density at radius 3 is 2.62 bits per heavy atom. The molecule has 1 fully saturated rings. The van der Waals surface area contributed by atoms with Gasteiger partial charge in [-0.3, -0.25) is 9.59 Å². The van der Waals surface area contributed by atoms with Crippen LogP contribution in [-0.2, 0) is 18.4 Å². The summed E-state index contributed by atoms with van der Waals surface area (Å²) in [7, 11) is 2.01. The third-order valence-corrected chi connectivity index (χ3v) is 6.84. The van der Waals surface area contributed by atoms with Gasteiger partial charge in [-0.2, -0.15) is 5.10 Å². The third kappa shape index (κ3) is 4.37. The third-order valence-electron chi connectivity index (χ3n) is 5.43. The number of carbonyl (C=O) groups excluding carboxylic acids is 1. The van der Waals surface area contributed by atoms with Crippen LogP contribution in [0.5, 0.6) is 0 Å². The zero-order valence-corrected chi connectivity index (χ0v) is 17.5. The Morgan fingerprint density at radius 2 is 1.93 bits per heavy atom. The average Bonchev–Trinajstić information content (AvgIpc) is 3.12. The molecule has 29 heavy (non-hydrogen) atoms. The number of hydrogen-bond donors (Lipinski definition) is 1. The minimum absolute atomic E-state index is 0.0492. The van der Waals surface area contributed by atoms with Gasteiger partial charge in [0.2, 0.25) is 5.91 Å². The molecule has 0 saturated heterocycles. The van der Waals surface area contributed by atoms with Crippen LogP contribution in [0, 0.1) is 6.92 Å². The van der Waals surface area contributed by atoms with Crippen LogP contribution in [-0.4, -0.2) is 36.5 Å². The minimum atomic E-state index is -0.225. The lowest BCUT2D eigenvalue weighted by Gasteiger charge is -2.28. The number of rotatable bonds is 5. The number of carbonyl (C=O) groups is 1. The number of aromatic nitrogens is 4. The van der Waals surface area contributed by atoms with Gasteiger partial charge < -0.3 is 9.88 Å². The Balaban J connectivity index is 1.34. The van der Waals surface area contributed by atoms with Crippen LogP contribution in [0.25, 0.3) is 10.8 Å². The largest absolute Gasteiger partial charge is 0.352 e.